The van der Waals surface area contributed by atoms with Gasteiger partial charge < -0.3 is 13.9 Å². The molecule has 3 unspecified atom stereocenters. The van der Waals surface area contributed by atoms with Crippen LogP contribution in [0, 0.1) is 34.5 Å². The van der Waals surface area contributed by atoms with Gasteiger partial charge in [0.05, 0.1) is 13.2 Å². The lowest BCUT2D eigenvalue weighted by molar-refractivity contribution is -0.181. The molecule has 1 saturated heterocycles. The largest absolute Gasteiger partial charge is 0.467 e. The molecule has 2 aliphatic rings. The lowest BCUT2D eigenvalue weighted by Gasteiger charge is -2.42. The fourth-order valence-electron chi connectivity index (χ4n) is 7.35. The third kappa shape index (κ3) is 11.0. The molecule has 0 bridgehead atoms. The second kappa shape index (κ2) is 17.2. The Labute approximate surface area is 312 Å². The third-order valence-corrected chi connectivity index (χ3v) is 16.6. The highest BCUT2D eigenvalue weighted by Crippen LogP contribution is 2.42. The summed E-state index contributed by atoms with van der Waals surface area (Å²) in [6.07, 6.45) is 17.0. The van der Waals surface area contributed by atoms with Crippen molar-refractivity contribution in [3.63, 3.8) is 0 Å². The van der Waals surface area contributed by atoms with Gasteiger partial charge >= 0.3 is 5.97 Å². The summed E-state index contributed by atoms with van der Waals surface area (Å²) in [5, 5.41) is 10.8. The number of rotatable bonds is 12. The smallest absolute Gasteiger partial charge is 0.335 e. The first-order valence-electron chi connectivity index (χ1n) is 19.0. The van der Waals surface area contributed by atoms with Crippen molar-refractivity contribution in [3.05, 3.63) is 94.1 Å². The van der Waals surface area contributed by atoms with E-state index in [-0.39, 0.29) is 28.4 Å². The highest BCUT2D eigenvalue weighted by atomic mass is 28.4. The van der Waals surface area contributed by atoms with E-state index in [0.29, 0.717) is 24.7 Å². The molecule has 0 radical (unpaired) electrons. The predicted molar refractivity (Wildman–Crippen MR) is 215 cm³/mol. The summed E-state index contributed by atoms with van der Waals surface area (Å²) in [5.41, 5.74) is 6.41. The molecule has 0 N–H and O–H groups in total. The molecule has 280 valence electrons. The monoisotopic (exact) mass is 713 g/mol. The lowest BCUT2D eigenvalue weighted by Crippen LogP contribution is -2.49. The van der Waals surface area contributed by atoms with Crippen LogP contribution in [-0.4, -0.2) is 39.2 Å². The van der Waals surface area contributed by atoms with E-state index < -0.39 is 20.0 Å². The Morgan fingerprint density at radius 3 is 2.22 bits per heavy atom. The van der Waals surface area contributed by atoms with E-state index in [1.807, 2.05) is 13.0 Å². The van der Waals surface area contributed by atoms with Gasteiger partial charge in [0.1, 0.15) is 6.07 Å². The number of benzene rings is 1. The van der Waals surface area contributed by atoms with Crippen LogP contribution < -0.4 is 0 Å². The first-order valence-corrected chi connectivity index (χ1v) is 21.9. The molecule has 1 fully saturated rings. The molecule has 0 amide bonds. The van der Waals surface area contributed by atoms with Crippen LogP contribution in [0.3, 0.4) is 0 Å². The summed E-state index contributed by atoms with van der Waals surface area (Å²) in [5.74, 6) is 0.414. The molecule has 3 rings (SSSR count). The summed E-state index contributed by atoms with van der Waals surface area (Å²) in [6.45, 7) is 28.7. The number of nitrogens with zero attached hydrogens (tertiary/aromatic N) is 1. The molecule has 0 spiro atoms. The van der Waals surface area contributed by atoms with Crippen molar-refractivity contribution in [2.45, 2.75) is 144 Å². The quantitative estimate of drug-likeness (QED) is 0.123. The SMILES string of the molecule is COC(=O)C1O[C@@H](Cc2ccc(CC(C#N)(/C=C(C)/C=C/C=C(C)/C=C/C3=C(C)CCCC3(C)C)O[Si](C)(C)C(C)(C)C)cc2)C(C)[C@@H](C)[C@H]1C. The number of hydrogen-bond acceptors (Lipinski definition) is 5. The number of methoxy groups -OCH3 is 1. The van der Waals surface area contributed by atoms with Crippen LogP contribution in [-0.2, 0) is 31.5 Å². The van der Waals surface area contributed by atoms with Crippen LogP contribution in [0.15, 0.2) is 83.0 Å². The second-order valence-electron chi connectivity index (χ2n) is 17.7. The summed E-state index contributed by atoms with van der Waals surface area (Å²) in [4.78, 5) is 12.5. The van der Waals surface area contributed by atoms with Crippen molar-refractivity contribution in [1.29, 1.82) is 5.26 Å². The highest BCUT2D eigenvalue weighted by Gasteiger charge is 2.45. The number of esters is 1. The van der Waals surface area contributed by atoms with Crippen molar-refractivity contribution in [1.82, 2.24) is 0 Å². The van der Waals surface area contributed by atoms with E-state index >= 15 is 0 Å². The molecule has 0 aromatic heterocycles. The van der Waals surface area contributed by atoms with Crippen LogP contribution in [0.1, 0.15) is 107 Å². The summed E-state index contributed by atoms with van der Waals surface area (Å²) in [6, 6.07) is 11.1. The Balaban J connectivity index is 1.85. The normalized spacial score (nSPS) is 26.3. The number of allylic oxidation sites excluding steroid dienone is 9. The van der Waals surface area contributed by atoms with E-state index in [9.17, 15) is 10.1 Å². The van der Waals surface area contributed by atoms with Gasteiger partial charge in [0.25, 0.3) is 0 Å². The predicted octanol–water partition coefficient (Wildman–Crippen LogP) is 11.4. The zero-order chi connectivity index (χ0) is 38.4. The van der Waals surface area contributed by atoms with Crippen LogP contribution in [0.5, 0.6) is 0 Å². The topological polar surface area (TPSA) is 68.5 Å². The molecule has 1 aromatic rings. The third-order valence-electron chi connectivity index (χ3n) is 12.1. The maximum absolute atomic E-state index is 12.5. The number of nitriles is 1. The van der Waals surface area contributed by atoms with Crippen molar-refractivity contribution in [3.8, 4) is 6.07 Å². The molecule has 1 aliphatic heterocycles. The van der Waals surface area contributed by atoms with Gasteiger partial charge in [-0.2, -0.15) is 5.26 Å². The van der Waals surface area contributed by atoms with E-state index in [0.717, 1.165) is 16.7 Å². The second-order valence-corrected chi connectivity index (χ2v) is 22.4. The van der Waals surface area contributed by atoms with Gasteiger partial charge in [0, 0.05) is 6.42 Å². The summed E-state index contributed by atoms with van der Waals surface area (Å²) >= 11 is 0. The molecule has 0 saturated carbocycles. The summed E-state index contributed by atoms with van der Waals surface area (Å²) in [7, 11) is -0.903. The minimum Gasteiger partial charge on any atom is -0.467 e. The van der Waals surface area contributed by atoms with Crippen molar-refractivity contribution in [2.75, 3.05) is 7.11 Å². The van der Waals surface area contributed by atoms with Crippen LogP contribution in [0.4, 0.5) is 0 Å². The Bertz CT molecular complexity index is 1560. The van der Waals surface area contributed by atoms with Crippen molar-refractivity contribution >= 4 is 14.3 Å². The van der Waals surface area contributed by atoms with Gasteiger partial charge in [0.2, 0.25) is 0 Å². The number of ether oxygens (including phenoxy) is 2. The maximum Gasteiger partial charge on any atom is 0.335 e. The maximum atomic E-state index is 12.5. The van der Waals surface area contributed by atoms with Crippen molar-refractivity contribution in [2.24, 2.45) is 23.2 Å². The number of carbonyl (C=O) groups is 1. The van der Waals surface area contributed by atoms with Gasteiger partial charge in [-0.25, -0.2) is 4.79 Å². The van der Waals surface area contributed by atoms with Crippen molar-refractivity contribution < 1.29 is 18.7 Å². The molecule has 1 heterocycles. The van der Waals surface area contributed by atoms with E-state index in [2.05, 4.69) is 143 Å². The van der Waals surface area contributed by atoms with E-state index in [1.165, 1.54) is 43.1 Å². The van der Waals surface area contributed by atoms with Gasteiger partial charge in [0.15, 0.2) is 20.0 Å². The number of carbonyl (C=O) groups excluding carboxylic acids is 1. The Kier molecular flexibility index (Phi) is 14.3. The molecule has 51 heavy (non-hydrogen) atoms. The molecule has 6 atom stereocenters. The standard InChI is InChI=1S/C45H67NO4Si/c1-31(20-25-39-33(3)19-16-26-44(39,10)11)17-15-18-32(2)28-45(30-46,50-51(13,14)43(7,8)9)29-38-23-21-37(22-24-38)27-40-35(5)34(4)36(6)41(49-40)42(47)48-12/h15,17-18,20-25,28,34-36,40-41H,16,19,26-27,29H2,1-14H3/b18-15+,25-20+,31-17+,32-28+/t34-,35?,36-,40+,41?,45?/m1/s1. The van der Waals surface area contributed by atoms with Crippen LogP contribution in [0.2, 0.25) is 18.1 Å². The Morgan fingerprint density at radius 2 is 1.65 bits per heavy atom. The molecular weight excluding hydrogens is 647 g/mol. The molecule has 5 nitrogen and oxygen atoms in total. The van der Waals surface area contributed by atoms with Gasteiger partial charge in [-0.1, -0.05) is 127 Å². The van der Waals surface area contributed by atoms with Gasteiger partial charge in [-0.15, -0.1) is 0 Å². The average molecular weight is 714 g/mol. The number of hydrogen-bond donors (Lipinski definition) is 0. The zero-order valence-electron chi connectivity index (χ0n) is 34.3. The van der Waals surface area contributed by atoms with Crippen LogP contribution in [0.25, 0.3) is 0 Å². The van der Waals surface area contributed by atoms with E-state index in [4.69, 9.17) is 13.9 Å². The summed E-state index contributed by atoms with van der Waals surface area (Å²) < 4.78 is 18.4. The first-order chi connectivity index (χ1) is 23.6. The minimum absolute atomic E-state index is 0.0587. The van der Waals surface area contributed by atoms with Crippen LogP contribution >= 0.6 is 0 Å². The van der Waals surface area contributed by atoms with Gasteiger partial charge in [-0.3, -0.25) is 0 Å². The molecular formula is C45H67NO4Si. The average Bonchev–Trinajstić information content (AvgIpc) is 3.04. The zero-order valence-corrected chi connectivity index (χ0v) is 35.3. The minimum atomic E-state index is -2.33. The molecule has 1 aliphatic carbocycles. The fourth-order valence-corrected chi connectivity index (χ4v) is 8.74. The Morgan fingerprint density at radius 1 is 1.02 bits per heavy atom. The molecule has 1 aromatic carbocycles. The van der Waals surface area contributed by atoms with E-state index in [1.54, 1.807) is 0 Å². The fraction of sp³-hybridized carbons (Fsp3) is 0.600. The molecule has 6 heteroatoms. The first kappa shape index (κ1) is 42.4. The Hall–Kier alpha value is -2.98. The van der Waals surface area contributed by atoms with Gasteiger partial charge in [-0.05, 0) is 111 Å². The highest BCUT2D eigenvalue weighted by molar-refractivity contribution is 6.74. The lowest BCUT2D eigenvalue weighted by atomic mass is 9.72.